The van der Waals surface area contributed by atoms with Gasteiger partial charge in [0.2, 0.25) is 5.82 Å². The van der Waals surface area contributed by atoms with Crippen molar-refractivity contribution in [3.63, 3.8) is 0 Å². The second-order valence-corrected chi connectivity index (χ2v) is 8.58. The highest BCUT2D eigenvalue weighted by Gasteiger charge is 2.23. The number of fused-ring (bicyclic) bond motifs is 3. The van der Waals surface area contributed by atoms with E-state index in [2.05, 4.69) is 98.2 Å². The first-order chi connectivity index (χ1) is 14.8. The van der Waals surface area contributed by atoms with Crippen LogP contribution in [0.1, 0.15) is 12.6 Å². The number of aromatic nitrogens is 5. The molecule has 1 unspecified atom stereocenters. The molecule has 1 aliphatic heterocycles. The molecule has 3 heterocycles. The highest BCUT2D eigenvalue weighted by atomic mass is 32.2. The first kappa shape index (κ1) is 17.5. The van der Waals surface area contributed by atoms with Gasteiger partial charge in [-0.25, -0.2) is 0 Å². The van der Waals surface area contributed by atoms with Crippen molar-refractivity contribution in [1.29, 1.82) is 0 Å². The summed E-state index contributed by atoms with van der Waals surface area (Å²) in [6.45, 7) is 2.31. The fourth-order valence-corrected chi connectivity index (χ4v) is 5.42. The summed E-state index contributed by atoms with van der Waals surface area (Å²) in [5.41, 5.74) is 5.90. The van der Waals surface area contributed by atoms with E-state index in [1.807, 2.05) is 17.8 Å². The molecule has 0 bridgehead atoms. The summed E-state index contributed by atoms with van der Waals surface area (Å²) in [6.07, 6.45) is 0. The van der Waals surface area contributed by atoms with Crippen LogP contribution in [0.4, 0.5) is 0 Å². The third-order valence-electron chi connectivity index (χ3n) is 5.80. The zero-order valence-electron chi connectivity index (χ0n) is 16.4. The van der Waals surface area contributed by atoms with E-state index < -0.39 is 0 Å². The third kappa shape index (κ3) is 2.68. The zero-order valence-corrected chi connectivity index (χ0v) is 17.2. The van der Waals surface area contributed by atoms with Crippen LogP contribution in [0.15, 0.2) is 72.1 Å². The number of allylic oxidation sites excluding steroid dienone is 1. The van der Waals surface area contributed by atoms with E-state index in [0.29, 0.717) is 11.7 Å². The molecule has 0 saturated carbocycles. The lowest BCUT2D eigenvalue weighted by atomic mass is 10.0. The van der Waals surface area contributed by atoms with Crippen molar-refractivity contribution in [3.05, 3.63) is 77.8 Å². The van der Waals surface area contributed by atoms with E-state index >= 15 is 0 Å². The van der Waals surface area contributed by atoms with Gasteiger partial charge in [-0.2, -0.15) is 5.21 Å². The van der Waals surface area contributed by atoms with Gasteiger partial charge in [0.1, 0.15) is 0 Å². The minimum Gasteiger partial charge on any atom is -0.310 e. The molecule has 6 rings (SSSR count). The van der Waals surface area contributed by atoms with Crippen LogP contribution >= 0.6 is 11.8 Å². The Morgan fingerprint density at radius 3 is 2.77 bits per heavy atom. The molecule has 0 amide bonds. The Balaban J connectivity index is 1.66. The average Bonchev–Trinajstić information content (AvgIpc) is 3.53. The Kier molecular flexibility index (Phi) is 3.99. The number of nitrogens with one attached hydrogen (secondary N) is 1. The van der Waals surface area contributed by atoms with Gasteiger partial charge in [0.25, 0.3) is 0 Å². The maximum Gasteiger partial charge on any atom is 0.204 e. The molecule has 0 fully saturated rings. The molecule has 3 aromatic carbocycles. The lowest BCUT2D eigenvalue weighted by Gasteiger charge is -2.15. The second-order valence-electron chi connectivity index (χ2n) is 7.68. The summed E-state index contributed by atoms with van der Waals surface area (Å²) in [5, 5.41) is 20.7. The molecule has 5 aromatic rings. The van der Waals surface area contributed by atoms with Gasteiger partial charge in [0, 0.05) is 22.4 Å². The van der Waals surface area contributed by atoms with E-state index in [0.717, 1.165) is 17.0 Å². The highest BCUT2D eigenvalue weighted by molar-refractivity contribution is 8.02. The summed E-state index contributed by atoms with van der Waals surface area (Å²) in [6, 6.07) is 23.7. The maximum atomic E-state index is 4.15. The van der Waals surface area contributed by atoms with Crippen molar-refractivity contribution in [3.8, 4) is 17.1 Å². The number of benzene rings is 3. The minimum atomic E-state index is 0.518. The molecule has 1 N–H and O–H groups in total. The summed E-state index contributed by atoms with van der Waals surface area (Å²) >= 11 is 1.90. The van der Waals surface area contributed by atoms with E-state index in [-0.39, 0.29) is 0 Å². The number of nitrogens with zero attached hydrogens (tertiary/aromatic N) is 4. The first-order valence-electron chi connectivity index (χ1n) is 9.99. The molecule has 146 valence electrons. The van der Waals surface area contributed by atoms with E-state index in [9.17, 15) is 0 Å². The fraction of sp³-hybridized carbons (Fsp3) is 0.125. The monoisotopic (exact) mass is 409 g/mol. The first-order valence-corrected chi connectivity index (χ1v) is 11.0. The van der Waals surface area contributed by atoms with E-state index in [1.165, 1.54) is 32.9 Å². The van der Waals surface area contributed by atoms with Gasteiger partial charge in [0.05, 0.1) is 11.2 Å². The normalized spacial score (nSPS) is 16.4. The van der Waals surface area contributed by atoms with Crippen LogP contribution in [-0.4, -0.2) is 30.9 Å². The van der Waals surface area contributed by atoms with Gasteiger partial charge < -0.3 is 4.57 Å². The lowest BCUT2D eigenvalue weighted by molar-refractivity contribution is 0.869. The molecule has 0 spiro atoms. The molecular formula is C24H19N5S. The molecule has 0 radical (unpaired) electrons. The predicted molar refractivity (Wildman–Crippen MR) is 124 cm³/mol. The molecule has 1 aliphatic rings. The average molecular weight is 410 g/mol. The summed E-state index contributed by atoms with van der Waals surface area (Å²) < 4.78 is 2.37. The molecule has 0 saturated heterocycles. The topological polar surface area (TPSA) is 59.4 Å². The third-order valence-corrected chi connectivity index (χ3v) is 6.91. The van der Waals surface area contributed by atoms with Gasteiger partial charge in [-0.3, -0.25) is 0 Å². The summed E-state index contributed by atoms with van der Waals surface area (Å²) in [4.78, 5) is 0. The Morgan fingerprint density at radius 2 is 1.93 bits per heavy atom. The van der Waals surface area contributed by atoms with Gasteiger partial charge in [0.15, 0.2) is 0 Å². The van der Waals surface area contributed by atoms with Crippen molar-refractivity contribution in [2.45, 2.75) is 6.92 Å². The Morgan fingerprint density at radius 1 is 1.00 bits per heavy atom. The summed E-state index contributed by atoms with van der Waals surface area (Å²) in [7, 11) is 0. The Labute approximate surface area is 177 Å². The highest BCUT2D eigenvalue weighted by Crippen LogP contribution is 2.40. The summed E-state index contributed by atoms with van der Waals surface area (Å²) in [5.74, 6) is 2.24. The van der Waals surface area contributed by atoms with Crippen LogP contribution in [0.25, 0.3) is 44.3 Å². The van der Waals surface area contributed by atoms with Crippen LogP contribution in [-0.2, 0) is 0 Å². The van der Waals surface area contributed by atoms with Crippen LogP contribution in [0, 0.1) is 5.92 Å². The van der Waals surface area contributed by atoms with Crippen molar-refractivity contribution in [2.75, 3.05) is 5.75 Å². The van der Waals surface area contributed by atoms with Crippen molar-refractivity contribution in [1.82, 2.24) is 25.2 Å². The lowest BCUT2D eigenvalue weighted by Crippen LogP contribution is -2.04. The van der Waals surface area contributed by atoms with Gasteiger partial charge in [-0.1, -0.05) is 49.4 Å². The number of rotatable bonds is 3. The smallest absolute Gasteiger partial charge is 0.204 e. The van der Waals surface area contributed by atoms with Crippen molar-refractivity contribution in [2.24, 2.45) is 5.92 Å². The van der Waals surface area contributed by atoms with Crippen LogP contribution in [0.2, 0.25) is 0 Å². The second kappa shape index (κ2) is 6.85. The standard InChI is InChI=1S/C24H19N5S/c1-15-13-30-14-21(15)23-12-20-19-8-3-2-5-16(19)9-10-22(20)29(23)18-7-4-6-17(11-18)24-25-27-28-26-24/h2-12,14-15H,13H2,1H3,(H,25,26,27,28). The SMILES string of the molecule is CC1CSC=C1c1cc2c3ccccc3ccc2n1-c1cccc(-c2nn[nH]n2)c1. The number of hydrogen-bond donors (Lipinski definition) is 1. The van der Waals surface area contributed by atoms with Crippen molar-refractivity contribution < 1.29 is 0 Å². The molecule has 6 heteroatoms. The molecule has 2 aromatic heterocycles. The molecule has 30 heavy (non-hydrogen) atoms. The number of tetrazole rings is 1. The fourth-order valence-electron chi connectivity index (χ4n) is 4.32. The van der Waals surface area contributed by atoms with E-state index in [4.69, 9.17) is 0 Å². The van der Waals surface area contributed by atoms with Gasteiger partial charge >= 0.3 is 0 Å². The van der Waals surface area contributed by atoms with Crippen molar-refractivity contribution >= 4 is 39.0 Å². The van der Waals surface area contributed by atoms with Gasteiger partial charge in [-0.05, 0) is 57.2 Å². The molecule has 5 nitrogen and oxygen atoms in total. The molecular weight excluding hydrogens is 390 g/mol. The predicted octanol–water partition coefficient (Wildman–Crippen LogP) is 5.69. The number of hydrogen-bond acceptors (Lipinski definition) is 4. The Hall–Kier alpha value is -3.38. The molecule has 0 aliphatic carbocycles. The van der Waals surface area contributed by atoms with Gasteiger partial charge in [-0.15, -0.1) is 22.0 Å². The quantitative estimate of drug-likeness (QED) is 0.416. The maximum absolute atomic E-state index is 4.15. The van der Waals surface area contributed by atoms with Crippen LogP contribution < -0.4 is 0 Å². The van der Waals surface area contributed by atoms with E-state index in [1.54, 1.807) is 0 Å². The minimum absolute atomic E-state index is 0.518. The number of aromatic amines is 1. The number of thioether (sulfide) groups is 1. The Bertz CT molecular complexity index is 1410. The largest absolute Gasteiger partial charge is 0.310 e. The van der Waals surface area contributed by atoms with Crippen LogP contribution in [0.5, 0.6) is 0 Å². The molecule has 1 atom stereocenters. The number of H-pyrrole nitrogens is 1. The zero-order chi connectivity index (χ0) is 20.1. The van der Waals surface area contributed by atoms with Crippen LogP contribution in [0.3, 0.4) is 0 Å².